The maximum atomic E-state index is 5.62. The molecule has 3 atom stereocenters. The van der Waals surface area contributed by atoms with Crippen molar-refractivity contribution < 1.29 is 14.2 Å². The van der Waals surface area contributed by atoms with Crippen molar-refractivity contribution >= 4 is 37.9 Å². The van der Waals surface area contributed by atoms with E-state index >= 15 is 0 Å². The highest BCUT2D eigenvalue weighted by Gasteiger charge is 2.16. The number of thiol groups is 3. The van der Waals surface area contributed by atoms with Crippen LogP contribution in [0.25, 0.3) is 0 Å². The van der Waals surface area contributed by atoms with Gasteiger partial charge in [-0.3, -0.25) is 0 Å². The lowest BCUT2D eigenvalue weighted by molar-refractivity contribution is 0.234. The average Bonchev–Trinajstić information content (AvgIpc) is 2.20. The van der Waals surface area contributed by atoms with E-state index < -0.39 is 0 Å². The van der Waals surface area contributed by atoms with Crippen LogP contribution < -0.4 is 14.2 Å². The van der Waals surface area contributed by atoms with E-state index in [1.54, 1.807) is 12.1 Å². The topological polar surface area (TPSA) is 27.7 Å². The molecule has 1 aromatic carbocycles. The molecular weight excluding hydrogens is 288 g/mol. The maximum Gasteiger partial charge on any atom is 0.204 e. The molecule has 3 unspecified atom stereocenters. The summed E-state index contributed by atoms with van der Waals surface area (Å²) in [4.78, 5) is 0. The Balaban J connectivity index is 3.08. The van der Waals surface area contributed by atoms with E-state index in [9.17, 15) is 0 Å². The van der Waals surface area contributed by atoms with Crippen LogP contribution in [0.5, 0.6) is 17.2 Å². The zero-order chi connectivity index (χ0) is 13.7. The van der Waals surface area contributed by atoms with Gasteiger partial charge in [0.2, 0.25) is 5.75 Å². The fourth-order valence-corrected chi connectivity index (χ4v) is 1.67. The molecular formula is C12H18O3S3. The van der Waals surface area contributed by atoms with Crippen LogP contribution in [0.2, 0.25) is 0 Å². The van der Waals surface area contributed by atoms with Crippen LogP contribution in [-0.2, 0) is 0 Å². The number of para-hydroxylation sites is 1. The Kier molecular flexibility index (Phi) is 6.38. The zero-order valence-corrected chi connectivity index (χ0v) is 13.2. The van der Waals surface area contributed by atoms with Gasteiger partial charge >= 0.3 is 0 Å². The van der Waals surface area contributed by atoms with E-state index in [1.165, 1.54) is 0 Å². The third-order valence-corrected chi connectivity index (χ3v) is 2.14. The van der Waals surface area contributed by atoms with Gasteiger partial charge in [-0.1, -0.05) is 6.07 Å². The number of ether oxygens (including phenoxy) is 3. The number of hydrogen-bond donors (Lipinski definition) is 3. The predicted octanol–water partition coefficient (Wildman–Crippen LogP) is 3.65. The summed E-state index contributed by atoms with van der Waals surface area (Å²) in [6.45, 7) is 5.47. The molecule has 0 aliphatic carbocycles. The minimum Gasteiger partial charge on any atom is -0.476 e. The monoisotopic (exact) mass is 306 g/mol. The van der Waals surface area contributed by atoms with E-state index in [1.807, 2.05) is 26.8 Å². The fourth-order valence-electron chi connectivity index (χ4n) is 1.34. The zero-order valence-electron chi connectivity index (χ0n) is 10.5. The largest absolute Gasteiger partial charge is 0.476 e. The minimum absolute atomic E-state index is 0.244. The van der Waals surface area contributed by atoms with E-state index in [0.717, 1.165) is 0 Å². The lowest BCUT2D eigenvalue weighted by Gasteiger charge is -2.20. The van der Waals surface area contributed by atoms with Gasteiger partial charge in [0.25, 0.3) is 0 Å². The lowest BCUT2D eigenvalue weighted by Crippen LogP contribution is -2.11. The van der Waals surface area contributed by atoms with Crippen LogP contribution in [-0.4, -0.2) is 16.3 Å². The minimum atomic E-state index is -0.275. The van der Waals surface area contributed by atoms with Crippen molar-refractivity contribution in [2.24, 2.45) is 0 Å². The molecule has 1 rings (SSSR count). The van der Waals surface area contributed by atoms with Crippen LogP contribution in [0, 0.1) is 0 Å². The second-order valence-corrected chi connectivity index (χ2v) is 5.92. The van der Waals surface area contributed by atoms with Crippen LogP contribution in [0.15, 0.2) is 18.2 Å². The normalized spacial score (nSPS) is 15.7. The van der Waals surface area contributed by atoms with Gasteiger partial charge in [0.05, 0.1) is 0 Å². The van der Waals surface area contributed by atoms with E-state index in [4.69, 9.17) is 14.2 Å². The Bertz CT molecular complexity index is 353. The number of rotatable bonds is 6. The summed E-state index contributed by atoms with van der Waals surface area (Å²) in [5.41, 5.74) is -0.764. The first kappa shape index (κ1) is 15.7. The van der Waals surface area contributed by atoms with Crippen LogP contribution in [0.4, 0.5) is 0 Å². The van der Waals surface area contributed by atoms with Crippen LogP contribution in [0.3, 0.4) is 0 Å². The van der Waals surface area contributed by atoms with Crippen molar-refractivity contribution in [3.8, 4) is 17.2 Å². The molecule has 0 fully saturated rings. The van der Waals surface area contributed by atoms with E-state index in [-0.39, 0.29) is 16.3 Å². The van der Waals surface area contributed by atoms with Gasteiger partial charge in [-0.05, 0) is 32.9 Å². The summed E-state index contributed by atoms with van der Waals surface area (Å²) in [6.07, 6.45) is 0. The third kappa shape index (κ3) is 5.12. The van der Waals surface area contributed by atoms with Crippen molar-refractivity contribution in [2.45, 2.75) is 37.1 Å². The Hall–Kier alpha value is -0.330. The maximum absolute atomic E-state index is 5.62. The SMILES string of the molecule is CC(S)Oc1cccc(OC(C)S)c1OC(C)S. The van der Waals surface area contributed by atoms with Gasteiger partial charge in [-0.2, -0.15) is 0 Å². The summed E-state index contributed by atoms with van der Waals surface area (Å²) in [5, 5.41) is 0. The summed E-state index contributed by atoms with van der Waals surface area (Å²) in [6, 6.07) is 5.43. The number of benzene rings is 1. The van der Waals surface area contributed by atoms with Gasteiger partial charge < -0.3 is 14.2 Å². The van der Waals surface area contributed by atoms with Crippen LogP contribution >= 0.6 is 37.9 Å². The standard InChI is InChI=1S/C12H18O3S3/c1-7(16)13-10-5-4-6-11(14-8(2)17)12(10)15-9(3)18/h4-9,16-18H,1-3H3. The van der Waals surface area contributed by atoms with Gasteiger partial charge in [-0.15, -0.1) is 37.9 Å². The molecule has 0 saturated carbocycles. The number of hydrogen-bond acceptors (Lipinski definition) is 6. The van der Waals surface area contributed by atoms with E-state index in [2.05, 4.69) is 37.9 Å². The first-order valence-electron chi connectivity index (χ1n) is 5.57. The Labute approximate surface area is 124 Å². The van der Waals surface area contributed by atoms with E-state index in [0.29, 0.717) is 17.2 Å². The average molecular weight is 306 g/mol. The fraction of sp³-hybridized carbons (Fsp3) is 0.500. The molecule has 0 aliphatic heterocycles. The Morgan fingerprint density at radius 3 is 1.50 bits per heavy atom. The molecule has 1 aromatic rings. The molecule has 0 aromatic heterocycles. The van der Waals surface area contributed by atoms with Crippen molar-refractivity contribution in [1.82, 2.24) is 0 Å². The lowest BCUT2D eigenvalue weighted by atomic mass is 10.3. The highest BCUT2D eigenvalue weighted by molar-refractivity contribution is 7.81. The van der Waals surface area contributed by atoms with Gasteiger partial charge in [0, 0.05) is 0 Å². The first-order chi connectivity index (χ1) is 8.40. The molecule has 0 bridgehead atoms. The molecule has 3 nitrogen and oxygen atoms in total. The quantitative estimate of drug-likeness (QED) is 0.553. The van der Waals surface area contributed by atoms with Gasteiger partial charge in [-0.25, -0.2) is 0 Å². The first-order valence-corrected chi connectivity index (χ1v) is 7.12. The molecule has 0 spiro atoms. The third-order valence-electron chi connectivity index (χ3n) is 1.83. The molecule has 102 valence electrons. The molecule has 0 amide bonds. The Morgan fingerprint density at radius 2 is 1.17 bits per heavy atom. The summed E-state index contributed by atoms with van der Waals surface area (Å²) in [5.74, 6) is 1.66. The molecule has 0 radical (unpaired) electrons. The van der Waals surface area contributed by atoms with Gasteiger partial charge in [0.1, 0.15) is 16.3 Å². The summed E-state index contributed by atoms with van der Waals surface area (Å²) in [7, 11) is 0. The second-order valence-electron chi connectivity index (χ2n) is 3.73. The van der Waals surface area contributed by atoms with Crippen molar-refractivity contribution in [1.29, 1.82) is 0 Å². The molecule has 6 heteroatoms. The molecule has 0 N–H and O–H groups in total. The molecule has 18 heavy (non-hydrogen) atoms. The summed E-state index contributed by atoms with van der Waals surface area (Å²) >= 11 is 12.6. The predicted molar refractivity (Wildman–Crippen MR) is 83.7 cm³/mol. The molecule has 0 aliphatic rings. The van der Waals surface area contributed by atoms with Crippen molar-refractivity contribution in [2.75, 3.05) is 0 Å². The van der Waals surface area contributed by atoms with Gasteiger partial charge in [0.15, 0.2) is 11.5 Å². The Morgan fingerprint density at radius 1 is 0.778 bits per heavy atom. The smallest absolute Gasteiger partial charge is 0.204 e. The molecule has 0 saturated heterocycles. The highest BCUT2D eigenvalue weighted by atomic mass is 32.1. The second kappa shape index (κ2) is 7.31. The van der Waals surface area contributed by atoms with Crippen LogP contribution in [0.1, 0.15) is 20.8 Å². The summed E-state index contributed by atoms with van der Waals surface area (Å²) < 4.78 is 16.8. The van der Waals surface area contributed by atoms with Crippen molar-refractivity contribution in [3.63, 3.8) is 0 Å². The highest BCUT2D eigenvalue weighted by Crippen LogP contribution is 2.39. The molecule has 0 heterocycles. The van der Waals surface area contributed by atoms with Crippen molar-refractivity contribution in [3.05, 3.63) is 18.2 Å².